The molecule has 4 aromatic rings. The summed E-state index contributed by atoms with van der Waals surface area (Å²) in [7, 11) is 4.72. The molecule has 4 rings (SSSR count). The molecule has 0 amide bonds. The van der Waals surface area contributed by atoms with Gasteiger partial charge in [-0.15, -0.1) is 10.2 Å². The summed E-state index contributed by atoms with van der Waals surface area (Å²) in [6.07, 6.45) is 0. The quantitative estimate of drug-likeness (QED) is 0.316. The first kappa shape index (κ1) is 22.6. The topological polar surface area (TPSA) is 58.4 Å². The second kappa shape index (κ2) is 9.91. The van der Waals surface area contributed by atoms with E-state index in [-0.39, 0.29) is 11.3 Å². The number of benzene rings is 3. The van der Waals surface area contributed by atoms with E-state index in [0.717, 1.165) is 23.4 Å². The van der Waals surface area contributed by atoms with E-state index in [2.05, 4.69) is 10.2 Å². The zero-order valence-corrected chi connectivity index (χ0v) is 19.0. The standard InChI is InChI=1S/C24H21F2N3O3S/c1-30-19-8-6-18(7-9-19)29-23(15-4-11-21(31-2)22(13-15)32-3)27-28-24(29)33-14-16-12-17(25)5-10-20(16)26/h4-13H,14H2,1-3H3. The summed E-state index contributed by atoms with van der Waals surface area (Å²) in [6.45, 7) is 0. The molecule has 6 nitrogen and oxygen atoms in total. The van der Waals surface area contributed by atoms with Gasteiger partial charge in [-0.1, -0.05) is 11.8 Å². The fourth-order valence-corrected chi connectivity index (χ4v) is 4.21. The van der Waals surface area contributed by atoms with Gasteiger partial charge in [0, 0.05) is 22.6 Å². The maximum atomic E-state index is 14.1. The lowest BCUT2D eigenvalue weighted by Crippen LogP contribution is -2.01. The van der Waals surface area contributed by atoms with Crippen molar-refractivity contribution in [2.75, 3.05) is 21.3 Å². The van der Waals surface area contributed by atoms with Crippen molar-refractivity contribution >= 4 is 11.8 Å². The second-order valence-corrected chi connectivity index (χ2v) is 7.88. The molecule has 0 spiro atoms. The highest BCUT2D eigenvalue weighted by Crippen LogP contribution is 2.35. The van der Waals surface area contributed by atoms with Crippen molar-refractivity contribution in [3.8, 4) is 34.3 Å². The number of methoxy groups -OCH3 is 3. The third-order valence-corrected chi connectivity index (χ3v) is 5.95. The summed E-state index contributed by atoms with van der Waals surface area (Å²) in [5.41, 5.74) is 1.78. The van der Waals surface area contributed by atoms with E-state index < -0.39 is 11.6 Å². The Kier molecular flexibility index (Phi) is 6.79. The number of hydrogen-bond donors (Lipinski definition) is 0. The zero-order valence-electron chi connectivity index (χ0n) is 18.2. The molecule has 0 saturated heterocycles. The molecule has 0 N–H and O–H groups in total. The third kappa shape index (κ3) is 4.78. The lowest BCUT2D eigenvalue weighted by molar-refractivity contribution is 0.355. The van der Waals surface area contributed by atoms with Crippen molar-refractivity contribution in [2.45, 2.75) is 10.9 Å². The van der Waals surface area contributed by atoms with Crippen molar-refractivity contribution < 1.29 is 23.0 Å². The molecular weight excluding hydrogens is 448 g/mol. The Bertz CT molecular complexity index is 1260. The van der Waals surface area contributed by atoms with E-state index in [0.29, 0.717) is 28.2 Å². The highest BCUT2D eigenvalue weighted by molar-refractivity contribution is 7.98. The van der Waals surface area contributed by atoms with Crippen LogP contribution in [0.2, 0.25) is 0 Å². The predicted octanol–water partition coefficient (Wildman–Crippen LogP) is 5.53. The number of thioether (sulfide) groups is 1. The molecular formula is C24H21F2N3O3S. The minimum absolute atomic E-state index is 0.184. The maximum absolute atomic E-state index is 14.1. The van der Waals surface area contributed by atoms with Crippen LogP contribution in [0.4, 0.5) is 8.78 Å². The number of rotatable bonds is 8. The monoisotopic (exact) mass is 469 g/mol. The summed E-state index contributed by atoms with van der Waals surface area (Å²) in [4.78, 5) is 0. The van der Waals surface area contributed by atoms with Gasteiger partial charge in [-0.25, -0.2) is 8.78 Å². The van der Waals surface area contributed by atoms with Crippen molar-refractivity contribution in [1.82, 2.24) is 14.8 Å². The Morgan fingerprint density at radius 3 is 2.27 bits per heavy atom. The van der Waals surface area contributed by atoms with Gasteiger partial charge < -0.3 is 14.2 Å². The van der Waals surface area contributed by atoms with Gasteiger partial charge in [0.2, 0.25) is 0 Å². The Morgan fingerprint density at radius 1 is 0.818 bits per heavy atom. The Balaban J connectivity index is 1.77. The van der Waals surface area contributed by atoms with Gasteiger partial charge in [-0.2, -0.15) is 0 Å². The van der Waals surface area contributed by atoms with Crippen molar-refractivity contribution in [3.63, 3.8) is 0 Å². The molecule has 9 heteroatoms. The average molecular weight is 470 g/mol. The van der Waals surface area contributed by atoms with Gasteiger partial charge in [0.25, 0.3) is 0 Å². The smallest absolute Gasteiger partial charge is 0.196 e. The largest absolute Gasteiger partial charge is 0.497 e. The number of nitrogens with zero attached hydrogens (tertiary/aromatic N) is 3. The minimum Gasteiger partial charge on any atom is -0.497 e. The number of ether oxygens (including phenoxy) is 3. The lowest BCUT2D eigenvalue weighted by atomic mass is 10.2. The first-order valence-corrected chi connectivity index (χ1v) is 10.9. The molecule has 170 valence electrons. The maximum Gasteiger partial charge on any atom is 0.196 e. The zero-order chi connectivity index (χ0) is 23.4. The normalized spacial score (nSPS) is 10.8. The highest BCUT2D eigenvalue weighted by atomic mass is 32.2. The van der Waals surface area contributed by atoms with Crippen LogP contribution in [0.15, 0.2) is 65.8 Å². The molecule has 1 aromatic heterocycles. The van der Waals surface area contributed by atoms with E-state index in [4.69, 9.17) is 14.2 Å². The minimum atomic E-state index is -0.491. The molecule has 0 aliphatic carbocycles. The summed E-state index contributed by atoms with van der Waals surface area (Å²) in [5.74, 6) is 1.63. The van der Waals surface area contributed by atoms with E-state index in [1.807, 2.05) is 41.0 Å². The summed E-state index contributed by atoms with van der Waals surface area (Å²) in [5, 5.41) is 9.24. The Labute approximate surface area is 194 Å². The molecule has 0 radical (unpaired) electrons. The molecule has 0 fully saturated rings. The fraction of sp³-hybridized carbons (Fsp3) is 0.167. The van der Waals surface area contributed by atoms with Gasteiger partial charge in [-0.3, -0.25) is 4.57 Å². The van der Waals surface area contributed by atoms with Crippen LogP contribution in [0.5, 0.6) is 17.2 Å². The van der Waals surface area contributed by atoms with Gasteiger partial charge in [0.15, 0.2) is 22.5 Å². The molecule has 0 aliphatic heterocycles. The van der Waals surface area contributed by atoms with Crippen molar-refractivity contribution in [3.05, 3.63) is 77.9 Å². The SMILES string of the molecule is COc1ccc(-n2c(SCc3cc(F)ccc3F)nnc2-c2ccc(OC)c(OC)c2)cc1. The number of halogens is 2. The van der Waals surface area contributed by atoms with Crippen LogP contribution in [-0.4, -0.2) is 36.1 Å². The highest BCUT2D eigenvalue weighted by Gasteiger charge is 2.19. The third-order valence-electron chi connectivity index (χ3n) is 4.97. The first-order chi connectivity index (χ1) is 16.0. The predicted molar refractivity (Wildman–Crippen MR) is 122 cm³/mol. The van der Waals surface area contributed by atoms with E-state index in [1.165, 1.54) is 17.8 Å². The van der Waals surface area contributed by atoms with Gasteiger partial charge in [-0.05, 0) is 60.7 Å². The first-order valence-electron chi connectivity index (χ1n) is 9.93. The number of hydrogen-bond acceptors (Lipinski definition) is 6. The molecule has 3 aromatic carbocycles. The molecule has 33 heavy (non-hydrogen) atoms. The molecule has 0 bridgehead atoms. The van der Waals surface area contributed by atoms with E-state index in [1.54, 1.807) is 27.4 Å². The molecule has 0 atom stereocenters. The van der Waals surface area contributed by atoms with Crippen LogP contribution in [-0.2, 0) is 5.75 Å². The van der Waals surface area contributed by atoms with Crippen LogP contribution in [0.1, 0.15) is 5.56 Å². The summed E-state index contributed by atoms with van der Waals surface area (Å²) >= 11 is 1.26. The molecule has 0 saturated carbocycles. The van der Waals surface area contributed by atoms with Crippen molar-refractivity contribution in [1.29, 1.82) is 0 Å². The van der Waals surface area contributed by atoms with Crippen LogP contribution >= 0.6 is 11.8 Å². The molecule has 0 unspecified atom stereocenters. The van der Waals surface area contributed by atoms with E-state index in [9.17, 15) is 8.78 Å². The van der Waals surface area contributed by atoms with Crippen LogP contribution in [0, 0.1) is 11.6 Å². The van der Waals surface area contributed by atoms with Crippen LogP contribution in [0.3, 0.4) is 0 Å². The van der Waals surface area contributed by atoms with Gasteiger partial charge in [0.1, 0.15) is 17.4 Å². The summed E-state index contributed by atoms with van der Waals surface area (Å²) < 4.78 is 45.6. The van der Waals surface area contributed by atoms with Crippen LogP contribution < -0.4 is 14.2 Å². The lowest BCUT2D eigenvalue weighted by Gasteiger charge is -2.13. The van der Waals surface area contributed by atoms with Gasteiger partial charge in [0.05, 0.1) is 21.3 Å². The Hall–Kier alpha value is -3.59. The molecule has 0 aliphatic rings. The van der Waals surface area contributed by atoms with E-state index >= 15 is 0 Å². The van der Waals surface area contributed by atoms with Crippen molar-refractivity contribution in [2.24, 2.45) is 0 Å². The van der Waals surface area contributed by atoms with Crippen LogP contribution in [0.25, 0.3) is 17.1 Å². The second-order valence-electron chi connectivity index (χ2n) is 6.93. The Morgan fingerprint density at radius 2 is 1.58 bits per heavy atom. The number of aromatic nitrogens is 3. The van der Waals surface area contributed by atoms with Gasteiger partial charge >= 0.3 is 0 Å². The fourth-order valence-electron chi connectivity index (χ4n) is 3.29. The average Bonchev–Trinajstić information content (AvgIpc) is 3.28. The summed E-state index contributed by atoms with van der Waals surface area (Å²) in [6, 6.07) is 16.3. The molecule has 1 heterocycles.